The number of rotatable bonds is 11. The quantitative estimate of drug-likeness (QED) is 0.318. The van der Waals surface area contributed by atoms with Gasteiger partial charge in [-0.05, 0) is 83.0 Å². The third-order valence-electron chi connectivity index (χ3n) is 4.78. The standard InChI is InChI=1S/C27H33ClN2O8/c1-26(2,3)38-25(34)30-16-22(31)35-17-36-24(33)27(4,5)37-21-12-6-18(7-13-21)14-15-29-23(32)19-8-10-20(28)11-9-19/h6-13H,14-17H2,1-5H3,(H,29,32)(H,30,34). The lowest BCUT2D eigenvalue weighted by molar-refractivity contribution is -0.177. The van der Waals surface area contributed by atoms with Crippen molar-refractivity contribution in [2.24, 2.45) is 0 Å². The second kappa shape index (κ2) is 13.7. The van der Waals surface area contributed by atoms with Crippen molar-refractivity contribution >= 4 is 35.5 Å². The Morgan fingerprint density at radius 2 is 1.47 bits per heavy atom. The van der Waals surface area contributed by atoms with Crippen LogP contribution in [0.3, 0.4) is 0 Å². The summed E-state index contributed by atoms with van der Waals surface area (Å²) in [6.45, 7) is 7.46. The summed E-state index contributed by atoms with van der Waals surface area (Å²) in [5.74, 6) is -1.31. The molecule has 10 nitrogen and oxygen atoms in total. The Bertz CT molecular complexity index is 1110. The minimum atomic E-state index is -1.37. The highest BCUT2D eigenvalue weighted by Gasteiger charge is 2.32. The van der Waals surface area contributed by atoms with Gasteiger partial charge in [0.05, 0.1) is 0 Å². The van der Waals surface area contributed by atoms with Crippen molar-refractivity contribution in [2.75, 3.05) is 19.9 Å². The summed E-state index contributed by atoms with van der Waals surface area (Å²) >= 11 is 5.84. The molecule has 0 unspecified atom stereocenters. The fourth-order valence-electron chi connectivity index (χ4n) is 2.92. The average molecular weight is 549 g/mol. The lowest BCUT2D eigenvalue weighted by Gasteiger charge is -2.24. The number of ether oxygens (including phenoxy) is 4. The average Bonchev–Trinajstić information content (AvgIpc) is 2.83. The molecule has 206 valence electrons. The normalized spacial score (nSPS) is 11.2. The van der Waals surface area contributed by atoms with Gasteiger partial charge in [-0.2, -0.15) is 0 Å². The van der Waals surface area contributed by atoms with Crippen molar-refractivity contribution in [1.82, 2.24) is 10.6 Å². The van der Waals surface area contributed by atoms with Crippen LogP contribution < -0.4 is 15.4 Å². The SMILES string of the molecule is CC(C)(C)OC(=O)NCC(=O)OCOC(=O)C(C)(C)Oc1ccc(CCNC(=O)c2ccc(Cl)cc2)cc1. The Kier molecular flexibility index (Phi) is 10.9. The second-order valence-corrected chi connectivity index (χ2v) is 10.1. The molecule has 0 aromatic heterocycles. The van der Waals surface area contributed by atoms with Gasteiger partial charge in [0.1, 0.15) is 17.9 Å². The van der Waals surface area contributed by atoms with Crippen LogP contribution in [0.1, 0.15) is 50.5 Å². The summed E-state index contributed by atoms with van der Waals surface area (Å²) in [6, 6.07) is 13.7. The molecule has 11 heteroatoms. The monoisotopic (exact) mass is 548 g/mol. The molecule has 0 radical (unpaired) electrons. The number of alkyl carbamates (subject to hydrolysis) is 1. The predicted octanol–water partition coefficient (Wildman–Crippen LogP) is 4.04. The Labute approximate surface area is 226 Å². The van der Waals surface area contributed by atoms with Crippen LogP contribution in [0.25, 0.3) is 0 Å². The van der Waals surface area contributed by atoms with E-state index in [0.717, 1.165) is 5.56 Å². The van der Waals surface area contributed by atoms with Crippen LogP contribution in [0.2, 0.25) is 5.02 Å². The maximum Gasteiger partial charge on any atom is 0.408 e. The highest BCUT2D eigenvalue weighted by Crippen LogP contribution is 2.20. The van der Waals surface area contributed by atoms with Crippen LogP contribution in [0.15, 0.2) is 48.5 Å². The summed E-state index contributed by atoms with van der Waals surface area (Å²) in [4.78, 5) is 47.8. The molecule has 0 fully saturated rings. The van der Waals surface area contributed by atoms with Crippen molar-refractivity contribution in [1.29, 1.82) is 0 Å². The lowest BCUT2D eigenvalue weighted by atomic mass is 10.1. The number of nitrogens with one attached hydrogen (secondary N) is 2. The van der Waals surface area contributed by atoms with Crippen LogP contribution in [0.5, 0.6) is 5.75 Å². The number of esters is 2. The van der Waals surface area contributed by atoms with Gasteiger partial charge in [-0.3, -0.25) is 9.59 Å². The zero-order chi connectivity index (χ0) is 28.3. The Balaban J connectivity index is 1.72. The first-order valence-corrected chi connectivity index (χ1v) is 12.2. The second-order valence-electron chi connectivity index (χ2n) is 9.69. The van der Waals surface area contributed by atoms with E-state index in [-0.39, 0.29) is 5.91 Å². The number of amides is 2. The summed E-state index contributed by atoms with van der Waals surface area (Å²) < 4.78 is 20.5. The molecule has 2 N–H and O–H groups in total. The molecule has 0 spiro atoms. The molecule has 2 amide bonds. The van der Waals surface area contributed by atoms with E-state index in [0.29, 0.717) is 29.3 Å². The number of hydrogen-bond donors (Lipinski definition) is 2. The van der Waals surface area contributed by atoms with Crippen molar-refractivity contribution in [3.63, 3.8) is 0 Å². The molecular formula is C27H33ClN2O8. The lowest BCUT2D eigenvalue weighted by Crippen LogP contribution is -2.40. The summed E-state index contributed by atoms with van der Waals surface area (Å²) in [6.07, 6.45) is -0.172. The van der Waals surface area contributed by atoms with E-state index < -0.39 is 42.6 Å². The van der Waals surface area contributed by atoms with Crippen LogP contribution in [-0.2, 0) is 30.2 Å². The molecule has 38 heavy (non-hydrogen) atoms. The van der Waals surface area contributed by atoms with E-state index in [1.54, 1.807) is 57.2 Å². The van der Waals surface area contributed by atoms with Gasteiger partial charge < -0.3 is 29.6 Å². The number of hydrogen-bond acceptors (Lipinski definition) is 8. The highest BCUT2D eigenvalue weighted by molar-refractivity contribution is 6.30. The number of benzene rings is 2. The topological polar surface area (TPSA) is 129 Å². The maximum absolute atomic E-state index is 12.4. The fraction of sp³-hybridized carbons (Fsp3) is 0.407. The minimum absolute atomic E-state index is 0.188. The third kappa shape index (κ3) is 11.1. The molecule has 2 aromatic carbocycles. The van der Waals surface area contributed by atoms with Crippen LogP contribution in [-0.4, -0.2) is 55.0 Å². The van der Waals surface area contributed by atoms with Gasteiger partial charge in [-0.25, -0.2) is 9.59 Å². The molecule has 0 bridgehead atoms. The van der Waals surface area contributed by atoms with Crippen LogP contribution in [0, 0.1) is 0 Å². The summed E-state index contributed by atoms with van der Waals surface area (Å²) in [5.41, 5.74) is -0.582. The van der Waals surface area contributed by atoms with Crippen molar-refractivity contribution in [2.45, 2.75) is 52.2 Å². The maximum atomic E-state index is 12.4. The highest BCUT2D eigenvalue weighted by atomic mass is 35.5. The molecule has 2 rings (SSSR count). The first-order valence-electron chi connectivity index (χ1n) is 11.9. The number of carbonyl (C=O) groups is 4. The van der Waals surface area contributed by atoms with Crippen molar-refractivity contribution < 1.29 is 38.1 Å². The van der Waals surface area contributed by atoms with Gasteiger partial charge in [0.25, 0.3) is 5.91 Å². The van der Waals surface area contributed by atoms with Crippen molar-refractivity contribution in [3.05, 3.63) is 64.7 Å². The first kappa shape index (κ1) is 30.4. The van der Waals surface area contributed by atoms with E-state index in [4.69, 9.17) is 30.5 Å². The molecule has 2 aromatic rings. The minimum Gasteiger partial charge on any atom is -0.476 e. The van der Waals surface area contributed by atoms with Crippen LogP contribution >= 0.6 is 11.6 Å². The molecule has 0 atom stereocenters. The van der Waals surface area contributed by atoms with Gasteiger partial charge in [0.15, 0.2) is 5.60 Å². The van der Waals surface area contributed by atoms with Gasteiger partial charge in [-0.15, -0.1) is 0 Å². The first-order chi connectivity index (χ1) is 17.7. The predicted molar refractivity (Wildman–Crippen MR) is 140 cm³/mol. The molecule has 0 aliphatic rings. The Hall–Kier alpha value is -3.79. The number of halogens is 1. The molecule has 0 aliphatic heterocycles. The zero-order valence-corrected chi connectivity index (χ0v) is 22.8. The van der Waals surface area contributed by atoms with E-state index in [2.05, 4.69) is 10.6 Å². The Morgan fingerprint density at radius 1 is 0.842 bits per heavy atom. The van der Waals surface area contributed by atoms with Gasteiger partial charge >= 0.3 is 18.0 Å². The van der Waals surface area contributed by atoms with E-state index in [1.807, 2.05) is 12.1 Å². The van der Waals surface area contributed by atoms with Crippen molar-refractivity contribution in [3.8, 4) is 5.75 Å². The van der Waals surface area contributed by atoms with E-state index in [9.17, 15) is 19.2 Å². The fourth-order valence-corrected chi connectivity index (χ4v) is 3.04. The molecular weight excluding hydrogens is 516 g/mol. The Morgan fingerprint density at radius 3 is 2.08 bits per heavy atom. The molecule has 0 saturated heterocycles. The largest absolute Gasteiger partial charge is 0.476 e. The summed E-state index contributed by atoms with van der Waals surface area (Å²) in [7, 11) is 0. The van der Waals surface area contributed by atoms with E-state index in [1.165, 1.54) is 13.8 Å². The third-order valence-corrected chi connectivity index (χ3v) is 5.03. The number of carbonyl (C=O) groups excluding carboxylic acids is 4. The zero-order valence-electron chi connectivity index (χ0n) is 22.1. The molecule has 0 aliphatic carbocycles. The van der Waals surface area contributed by atoms with Crippen LogP contribution in [0.4, 0.5) is 4.79 Å². The smallest absolute Gasteiger partial charge is 0.408 e. The molecule has 0 saturated carbocycles. The molecule has 0 heterocycles. The summed E-state index contributed by atoms with van der Waals surface area (Å²) in [5, 5.41) is 5.66. The van der Waals surface area contributed by atoms with Gasteiger partial charge in [0.2, 0.25) is 6.79 Å². The van der Waals surface area contributed by atoms with Gasteiger partial charge in [0, 0.05) is 17.1 Å². The van der Waals surface area contributed by atoms with E-state index >= 15 is 0 Å². The van der Waals surface area contributed by atoms with Gasteiger partial charge in [-0.1, -0.05) is 23.7 Å².